The van der Waals surface area contributed by atoms with Gasteiger partial charge in [0.2, 0.25) is 0 Å². The molecule has 0 aromatic carbocycles. The first kappa shape index (κ1) is 13.6. The van der Waals surface area contributed by atoms with Crippen LogP contribution < -0.4 is 11.2 Å². The van der Waals surface area contributed by atoms with Crippen LogP contribution in [0, 0.1) is 5.92 Å². The van der Waals surface area contributed by atoms with Crippen LogP contribution in [0.2, 0.25) is 0 Å². The Morgan fingerprint density at radius 2 is 2.00 bits per heavy atom. The molecule has 6 heteroatoms. The summed E-state index contributed by atoms with van der Waals surface area (Å²) >= 11 is 0. The molecule has 0 aliphatic carbocycles. The highest BCUT2D eigenvalue weighted by atomic mass is 16.2. The number of rotatable bonds is 4. The molecule has 0 radical (unpaired) electrons. The van der Waals surface area contributed by atoms with E-state index in [1.165, 1.54) is 7.05 Å². The van der Waals surface area contributed by atoms with Gasteiger partial charge in [-0.15, -0.1) is 0 Å². The first-order valence-electron chi connectivity index (χ1n) is 6.67. The Hall–Kier alpha value is -1.85. The minimum absolute atomic E-state index is 0.299. The molecule has 6 nitrogen and oxygen atoms in total. The molecule has 0 aliphatic heterocycles. The van der Waals surface area contributed by atoms with Gasteiger partial charge in [-0.25, -0.2) is 9.78 Å². The smallest absolute Gasteiger partial charge is 0.332 e. The van der Waals surface area contributed by atoms with Crippen molar-refractivity contribution in [3.63, 3.8) is 0 Å². The van der Waals surface area contributed by atoms with Gasteiger partial charge in [0.05, 0.1) is 0 Å². The number of fused-ring (bicyclic) bond motifs is 1. The summed E-state index contributed by atoms with van der Waals surface area (Å²) in [4.78, 5) is 31.7. The third-order valence-corrected chi connectivity index (χ3v) is 3.55. The molecule has 0 fully saturated rings. The van der Waals surface area contributed by atoms with Crippen molar-refractivity contribution in [2.24, 2.45) is 13.0 Å². The van der Waals surface area contributed by atoms with Crippen LogP contribution in [-0.2, 0) is 20.0 Å². The third kappa shape index (κ3) is 2.22. The highest BCUT2D eigenvalue weighted by Crippen LogP contribution is 2.10. The zero-order valence-electron chi connectivity index (χ0n) is 11.9. The van der Waals surface area contributed by atoms with E-state index in [2.05, 4.69) is 23.8 Å². The molecule has 0 bridgehead atoms. The lowest BCUT2D eigenvalue weighted by Gasteiger charge is -2.12. The van der Waals surface area contributed by atoms with Crippen LogP contribution in [0.25, 0.3) is 11.2 Å². The van der Waals surface area contributed by atoms with E-state index in [0.717, 1.165) is 16.8 Å². The van der Waals surface area contributed by atoms with Gasteiger partial charge in [0.1, 0.15) is 11.3 Å². The Balaban J connectivity index is 2.77. The standard InChI is InChI=1S/C13H20N4O2/c1-5-8(3)7-17-11-10(14-9(6-2)15-11)12(18)16(4)13(17)19/h8H,5-7H2,1-4H3,(H,14,15). The Kier molecular flexibility index (Phi) is 3.59. The van der Waals surface area contributed by atoms with Crippen LogP contribution in [0.3, 0.4) is 0 Å². The molecule has 0 aliphatic rings. The van der Waals surface area contributed by atoms with Gasteiger partial charge in [0.15, 0.2) is 5.65 Å². The van der Waals surface area contributed by atoms with E-state index in [-0.39, 0.29) is 11.2 Å². The SMILES string of the molecule is CCc1nc2c([nH]1)c(=O)n(C)c(=O)n2CC(C)CC. The van der Waals surface area contributed by atoms with Crippen molar-refractivity contribution in [3.8, 4) is 0 Å². The maximum atomic E-state index is 12.2. The van der Waals surface area contributed by atoms with Crippen LogP contribution >= 0.6 is 0 Å². The third-order valence-electron chi connectivity index (χ3n) is 3.55. The number of aromatic nitrogens is 4. The minimum Gasteiger partial charge on any atom is -0.336 e. The molecule has 0 saturated heterocycles. The highest BCUT2D eigenvalue weighted by molar-refractivity contribution is 5.69. The van der Waals surface area contributed by atoms with Crippen LogP contribution in [0.1, 0.15) is 33.0 Å². The molecule has 104 valence electrons. The molecule has 0 spiro atoms. The summed E-state index contributed by atoms with van der Waals surface area (Å²) in [5.41, 5.74) is 0.284. The van der Waals surface area contributed by atoms with E-state index < -0.39 is 0 Å². The molecule has 1 unspecified atom stereocenters. The monoisotopic (exact) mass is 264 g/mol. The molecular weight excluding hydrogens is 244 g/mol. The number of nitrogens with zero attached hydrogens (tertiary/aromatic N) is 3. The number of aryl methyl sites for hydroxylation is 1. The molecule has 2 rings (SSSR count). The lowest BCUT2D eigenvalue weighted by atomic mass is 10.1. The molecule has 0 amide bonds. The van der Waals surface area contributed by atoms with E-state index in [1.54, 1.807) is 4.57 Å². The molecular formula is C13H20N4O2. The van der Waals surface area contributed by atoms with Crippen molar-refractivity contribution in [1.82, 2.24) is 19.1 Å². The number of nitrogens with one attached hydrogen (secondary N) is 1. The zero-order valence-corrected chi connectivity index (χ0v) is 11.9. The van der Waals surface area contributed by atoms with Gasteiger partial charge in [-0.2, -0.15) is 0 Å². The summed E-state index contributed by atoms with van der Waals surface area (Å²) in [5.74, 6) is 1.09. The average molecular weight is 264 g/mol. The van der Waals surface area contributed by atoms with Gasteiger partial charge < -0.3 is 4.98 Å². The lowest BCUT2D eigenvalue weighted by Crippen LogP contribution is -2.39. The van der Waals surface area contributed by atoms with Gasteiger partial charge in [-0.1, -0.05) is 27.2 Å². The highest BCUT2D eigenvalue weighted by Gasteiger charge is 2.16. The van der Waals surface area contributed by atoms with E-state index in [1.807, 2.05) is 6.92 Å². The molecule has 2 heterocycles. The van der Waals surface area contributed by atoms with Gasteiger partial charge in [-0.3, -0.25) is 13.9 Å². The summed E-state index contributed by atoms with van der Waals surface area (Å²) in [5, 5.41) is 0. The zero-order chi connectivity index (χ0) is 14.2. The predicted octanol–water partition coefficient (Wildman–Crippen LogP) is 1.03. The normalized spacial score (nSPS) is 13.1. The maximum Gasteiger partial charge on any atom is 0.332 e. The van der Waals surface area contributed by atoms with Gasteiger partial charge in [0, 0.05) is 20.0 Å². The second kappa shape index (κ2) is 5.03. The van der Waals surface area contributed by atoms with Crippen molar-refractivity contribution in [2.45, 2.75) is 40.2 Å². The quantitative estimate of drug-likeness (QED) is 0.896. The van der Waals surface area contributed by atoms with E-state index >= 15 is 0 Å². The minimum atomic E-state index is -0.312. The van der Waals surface area contributed by atoms with Crippen molar-refractivity contribution in [2.75, 3.05) is 0 Å². The molecule has 1 atom stereocenters. The van der Waals surface area contributed by atoms with E-state index in [4.69, 9.17) is 0 Å². The first-order valence-corrected chi connectivity index (χ1v) is 6.67. The van der Waals surface area contributed by atoms with Crippen molar-refractivity contribution >= 4 is 11.2 Å². The summed E-state index contributed by atoms with van der Waals surface area (Å²) in [6, 6.07) is 0. The molecule has 1 N–H and O–H groups in total. The number of aromatic amines is 1. The van der Waals surface area contributed by atoms with E-state index in [9.17, 15) is 9.59 Å². The van der Waals surface area contributed by atoms with Crippen LogP contribution in [-0.4, -0.2) is 19.1 Å². The molecule has 2 aromatic rings. The molecule has 19 heavy (non-hydrogen) atoms. The Morgan fingerprint density at radius 3 is 2.58 bits per heavy atom. The Labute approximate surface area is 111 Å². The summed E-state index contributed by atoms with van der Waals surface area (Å²) < 4.78 is 2.74. The van der Waals surface area contributed by atoms with Crippen molar-refractivity contribution in [3.05, 3.63) is 26.7 Å². The number of hydrogen-bond acceptors (Lipinski definition) is 3. The molecule has 2 aromatic heterocycles. The van der Waals surface area contributed by atoms with Gasteiger partial charge in [0.25, 0.3) is 5.56 Å². The fourth-order valence-electron chi connectivity index (χ4n) is 2.06. The molecule has 0 saturated carbocycles. The fraction of sp³-hybridized carbons (Fsp3) is 0.615. The van der Waals surface area contributed by atoms with Crippen molar-refractivity contribution < 1.29 is 0 Å². The number of H-pyrrole nitrogens is 1. The first-order chi connectivity index (χ1) is 8.99. The van der Waals surface area contributed by atoms with Crippen molar-refractivity contribution in [1.29, 1.82) is 0 Å². The fourth-order valence-corrected chi connectivity index (χ4v) is 2.06. The average Bonchev–Trinajstić information content (AvgIpc) is 2.85. The maximum absolute atomic E-state index is 12.2. The summed E-state index contributed by atoms with van der Waals surface area (Å²) in [6.07, 6.45) is 1.68. The van der Waals surface area contributed by atoms with Gasteiger partial charge >= 0.3 is 5.69 Å². The number of imidazole rings is 1. The summed E-state index contributed by atoms with van der Waals surface area (Å²) in [6.45, 7) is 6.70. The second-order valence-corrected chi connectivity index (χ2v) is 5.01. The predicted molar refractivity (Wildman–Crippen MR) is 74.4 cm³/mol. The van der Waals surface area contributed by atoms with E-state index in [0.29, 0.717) is 30.0 Å². The Bertz CT molecular complexity index is 708. The number of hydrogen-bond donors (Lipinski definition) is 1. The topological polar surface area (TPSA) is 72.7 Å². The Morgan fingerprint density at radius 1 is 1.32 bits per heavy atom. The lowest BCUT2D eigenvalue weighted by molar-refractivity contribution is 0.454. The van der Waals surface area contributed by atoms with Crippen LogP contribution in [0.4, 0.5) is 0 Å². The second-order valence-electron chi connectivity index (χ2n) is 5.01. The van der Waals surface area contributed by atoms with Crippen LogP contribution in [0.5, 0.6) is 0 Å². The van der Waals surface area contributed by atoms with Crippen LogP contribution in [0.15, 0.2) is 9.59 Å². The summed E-state index contributed by atoms with van der Waals surface area (Å²) in [7, 11) is 1.50. The largest absolute Gasteiger partial charge is 0.336 e. The van der Waals surface area contributed by atoms with Gasteiger partial charge in [-0.05, 0) is 5.92 Å².